The van der Waals surface area contributed by atoms with E-state index < -0.39 is 14.7 Å². The van der Waals surface area contributed by atoms with Crippen molar-refractivity contribution in [2.24, 2.45) is 0 Å². The summed E-state index contributed by atoms with van der Waals surface area (Å²) in [4.78, 5) is 23.3. The third kappa shape index (κ3) is 18.7. The maximum absolute atomic E-state index is 11.5. The average molecular weight is 514 g/mol. The second-order valence-electron chi connectivity index (χ2n) is 9.28. The van der Waals surface area contributed by atoms with Gasteiger partial charge in [-0.05, 0) is 38.2 Å². The summed E-state index contributed by atoms with van der Waals surface area (Å²) in [5.41, 5.74) is 1.00. The number of nitrogens with zero attached hydrogens (tertiary/aromatic N) is 1. The van der Waals surface area contributed by atoms with Crippen LogP contribution in [0.2, 0.25) is 0 Å². The minimum Gasteiger partial charge on any atom is -0.494 e. The predicted octanol–water partition coefficient (Wildman–Crippen LogP) is 6.27. The van der Waals surface area contributed by atoms with E-state index in [2.05, 4.69) is 6.92 Å². The Hall–Kier alpha value is -1.24. The van der Waals surface area contributed by atoms with Crippen molar-refractivity contribution in [3.63, 3.8) is 0 Å². The van der Waals surface area contributed by atoms with Gasteiger partial charge in [0.05, 0.1) is 19.8 Å². The third-order valence-corrected chi connectivity index (χ3v) is 6.37. The van der Waals surface area contributed by atoms with Gasteiger partial charge in [-0.15, -0.1) is 0 Å². The number of carbonyl (C=O) groups is 1. The van der Waals surface area contributed by atoms with Gasteiger partial charge >= 0.3 is 14.6 Å². The zero-order chi connectivity index (χ0) is 25.7. The number of rotatable bonds is 22. The van der Waals surface area contributed by atoms with Gasteiger partial charge in [-0.2, -0.15) is 0 Å². The van der Waals surface area contributed by atoms with Crippen LogP contribution in [0.3, 0.4) is 0 Å². The molecule has 0 aliphatic heterocycles. The van der Waals surface area contributed by atoms with Gasteiger partial charge in [-0.25, -0.2) is 0 Å². The highest BCUT2D eigenvalue weighted by molar-refractivity contribution is 7.40. The Labute approximate surface area is 214 Å². The average Bonchev–Trinajstić information content (AvgIpc) is 2.81. The van der Waals surface area contributed by atoms with Gasteiger partial charge in [0, 0.05) is 19.9 Å². The fraction of sp³-hybridized carbons (Fsp3) is 0.741. The van der Waals surface area contributed by atoms with Gasteiger partial charge in [0.15, 0.2) is 0 Å². The van der Waals surface area contributed by atoms with E-state index in [-0.39, 0.29) is 12.6 Å². The number of benzene rings is 1. The summed E-state index contributed by atoms with van der Waals surface area (Å²) >= 11 is 0. The lowest BCUT2D eigenvalue weighted by atomic mass is 10.1. The maximum atomic E-state index is 11.5. The van der Waals surface area contributed by atoms with Crippen molar-refractivity contribution >= 4 is 14.6 Å². The molecule has 202 valence electrons. The standard InChI is InChI=1S/C27H48NO6P/c1-5-6-7-8-9-10-11-12-13-14-20-31-26-17-15-25(16-18-26)22-27(34-24(2)29)23-33-35(30)32-21-19-28(3)4/h15-18,27,30H,5-14,19-23H2,1-4H3. The van der Waals surface area contributed by atoms with E-state index in [0.717, 1.165) is 24.3 Å². The zero-order valence-electron chi connectivity index (χ0n) is 22.4. The molecule has 0 aliphatic rings. The van der Waals surface area contributed by atoms with Crippen LogP contribution in [-0.4, -0.2) is 62.3 Å². The first kappa shape index (κ1) is 31.8. The van der Waals surface area contributed by atoms with Gasteiger partial charge in [0.2, 0.25) is 0 Å². The predicted molar refractivity (Wildman–Crippen MR) is 143 cm³/mol. The van der Waals surface area contributed by atoms with Crippen LogP contribution in [0, 0.1) is 0 Å². The highest BCUT2D eigenvalue weighted by atomic mass is 31.2. The van der Waals surface area contributed by atoms with Crippen LogP contribution in [0.25, 0.3) is 0 Å². The van der Waals surface area contributed by atoms with E-state index in [1.165, 1.54) is 64.7 Å². The highest BCUT2D eigenvalue weighted by Gasteiger charge is 2.17. The van der Waals surface area contributed by atoms with Crippen molar-refractivity contribution in [1.29, 1.82) is 0 Å². The molecule has 0 aromatic heterocycles. The Balaban J connectivity index is 2.25. The van der Waals surface area contributed by atoms with Crippen LogP contribution < -0.4 is 4.74 Å². The first-order chi connectivity index (χ1) is 16.9. The first-order valence-electron chi connectivity index (χ1n) is 13.2. The summed E-state index contributed by atoms with van der Waals surface area (Å²) in [6.07, 6.45) is 13.1. The largest absolute Gasteiger partial charge is 0.494 e. The monoisotopic (exact) mass is 513 g/mol. The van der Waals surface area contributed by atoms with Crippen LogP contribution in [0.4, 0.5) is 0 Å². The molecule has 0 bridgehead atoms. The van der Waals surface area contributed by atoms with Crippen LogP contribution in [-0.2, 0) is 25.0 Å². The molecule has 2 unspecified atom stereocenters. The molecule has 1 rings (SSSR count). The quantitative estimate of drug-likeness (QED) is 0.111. The summed E-state index contributed by atoms with van der Waals surface area (Å²) in [6, 6.07) is 7.83. The number of hydrogen-bond acceptors (Lipinski definition) is 7. The van der Waals surface area contributed by atoms with Crippen molar-refractivity contribution in [3.8, 4) is 5.75 Å². The van der Waals surface area contributed by atoms with Crippen molar-refractivity contribution < 1.29 is 28.2 Å². The molecule has 35 heavy (non-hydrogen) atoms. The van der Waals surface area contributed by atoms with Crippen molar-refractivity contribution in [2.75, 3.05) is 40.5 Å². The summed E-state index contributed by atoms with van der Waals surface area (Å²) in [5.74, 6) is 0.462. The fourth-order valence-corrected chi connectivity index (χ4v) is 4.23. The Morgan fingerprint density at radius 2 is 1.51 bits per heavy atom. The van der Waals surface area contributed by atoms with E-state index in [1.807, 2.05) is 43.3 Å². The second kappa shape index (κ2) is 20.9. The molecule has 1 N–H and O–H groups in total. The van der Waals surface area contributed by atoms with Gasteiger partial charge in [-0.3, -0.25) is 4.79 Å². The Morgan fingerprint density at radius 1 is 0.914 bits per heavy atom. The minimum atomic E-state index is -2.00. The Morgan fingerprint density at radius 3 is 2.09 bits per heavy atom. The van der Waals surface area contributed by atoms with Gasteiger partial charge < -0.3 is 28.3 Å². The van der Waals surface area contributed by atoms with Gasteiger partial charge in [0.25, 0.3) is 0 Å². The molecule has 0 amide bonds. The van der Waals surface area contributed by atoms with E-state index >= 15 is 0 Å². The molecule has 0 spiro atoms. The Kier molecular flexibility index (Phi) is 19.0. The number of likely N-dealkylation sites (N-methyl/N-ethyl adjacent to an activating group) is 1. The molecule has 1 aromatic carbocycles. The van der Waals surface area contributed by atoms with E-state index in [1.54, 1.807) is 0 Å². The molecule has 0 aliphatic carbocycles. The van der Waals surface area contributed by atoms with Gasteiger partial charge in [-0.1, -0.05) is 76.8 Å². The van der Waals surface area contributed by atoms with Crippen LogP contribution in [0.15, 0.2) is 24.3 Å². The number of hydrogen-bond donors (Lipinski definition) is 1. The molecule has 0 saturated carbocycles. The van der Waals surface area contributed by atoms with Crippen molar-refractivity contribution in [3.05, 3.63) is 29.8 Å². The lowest BCUT2D eigenvalue weighted by Gasteiger charge is -2.19. The minimum absolute atomic E-state index is 0.0702. The molecule has 0 saturated heterocycles. The molecule has 0 radical (unpaired) electrons. The summed E-state index contributed by atoms with van der Waals surface area (Å²) in [5, 5.41) is 0. The van der Waals surface area contributed by atoms with Crippen molar-refractivity contribution in [1.82, 2.24) is 4.90 Å². The topological polar surface area (TPSA) is 77.5 Å². The lowest BCUT2D eigenvalue weighted by Crippen LogP contribution is -2.24. The molecule has 8 heteroatoms. The summed E-state index contributed by atoms with van der Waals surface area (Å²) in [6.45, 7) is 5.48. The zero-order valence-corrected chi connectivity index (χ0v) is 23.3. The lowest BCUT2D eigenvalue weighted by molar-refractivity contribution is -0.147. The van der Waals surface area contributed by atoms with E-state index in [0.29, 0.717) is 19.6 Å². The van der Waals surface area contributed by atoms with E-state index in [4.69, 9.17) is 18.5 Å². The number of unbranched alkanes of at least 4 members (excludes halogenated alkanes) is 9. The van der Waals surface area contributed by atoms with Crippen molar-refractivity contribution in [2.45, 2.75) is 90.6 Å². The molecular formula is C27H48NO6P. The van der Waals surface area contributed by atoms with Crippen LogP contribution in [0.5, 0.6) is 5.75 Å². The molecule has 0 heterocycles. The Bertz CT molecular complexity index is 643. The first-order valence-corrected chi connectivity index (χ1v) is 14.3. The SMILES string of the molecule is CCCCCCCCCCCCOc1ccc(CC(COP(O)OCCN(C)C)OC(C)=O)cc1. The molecule has 7 nitrogen and oxygen atoms in total. The number of carbonyl (C=O) groups excluding carboxylic acids is 1. The second-order valence-corrected chi connectivity index (χ2v) is 10.3. The van der Waals surface area contributed by atoms with Crippen LogP contribution in [0.1, 0.15) is 83.6 Å². The molecule has 2 atom stereocenters. The molecule has 1 aromatic rings. The van der Waals surface area contributed by atoms with Gasteiger partial charge in [0.1, 0.15) is 11.9 Å². The van der Waals surface area contributed by atoms with E-state index in [9.17, 15) is 9.69 Å². The fourth-order valence-electron chi connectivity index (χ4n) is 3.62. The highest BCUT2D eigenvalue weighted by Crippen LogP contribution is 2.33. The smallest absolute Gasteiger partial charge is 0.330 e. The maximum Gasteiger partial charge on any atom is 0.330 e. The number of esters is 1. The normalized spacial score (nSPS) is 13.1. The van der Waals surface area contributed by atoms with Crippen LogP contribution >= 0.6 is 8.60 Å². The number of ether oxygens (including phenoxy) is 2. The summed E-state index contributed by atoms with van der Waals surface area (Å²) in [7, 11) is 1.85. The molecule has 0 fully saturated rings. The molecular weight excluding hydrogens is 465 g/mol. The summed E-state index contributed by atoms with van der Waals surface area (Å²) < 4.78 is 21.9. The third-order valence-electron chi connectivity index (χ3n) is 5.60.